The van der Waals surface area contributed by atoms with Crippen LogP contribution < -0.4 is 0 Å². The van der Waals surface area contributed by atoms with Gasteiger partial charge in [-0.25, -0.2) is 0 Å². The number of hydrogen-bond donors (Lipinski definition) is 1. The topological polar surface area (TPSA) is 20.2 Å². The van der Waals surface area contributed by atoms with E-state index in [9.17, 15) is 0 Å². The molecule has 1 aliphatic rings. The van der Waals surface area contributed by atoms with Crippen molar-refractivity contribution in [2.75, 3.05) is 6.61 Å². The van der Waals surface area contributed by atoms with Crippen LogP contribution in [0.25, 0.3) is 0 Å². The highest BCUT2D eigenvalue weighted by Gasteiger charge is 2.37. The van der Waals surface area contributed by atoms with Crippen LogP contribution in [0.1, 0.15) is 30.4 Å². The van der Waals surface area contributed by atoms with Crippen molar-refractivity contribution in [2.24, 2.45) is 5.92 Å². The molecule has 0 saturated heterocycles. The predicted octanol–water partition coefficient (Wildman–Crippen LogP) is 2.34. The molecule has 1 aromatic carbocycles. The molecule has 70 valence electrons. The summed E-state index contributed by atoms with van der Waals surface area (Å²) in [6.45, 7) is 2.52. The number of benzene rings is 1. The second kappa shape index (κ2) is 3.51. The molecular weight excluding hydrogens is 160 g/mol. The van der Waals surface area contributed by atoms with Gasteiger partial charge in [0.15, 0.2) is 0 Å². The molecule has 1 N–H and O–H groups in total. The minimum Gasteiger partial charge on any atom is -0.396 e. The quantitative estimate of drug-likeness (QED) is 0.749. The molecule has 0 heterocycles. The third kappa shape index (κ3) is 1.75. The van der Waals surface area contributed by atoms with Crippen LogP contribution in [0.2, 0.25) is 0 Å². The van der Waals surface area contributed by atoms with Gasteiger partial charge in [0.05, 0.1) is 0 Å². The fourth-order valence-corrected chi connectivity index (χ4v) is 1.86. The molecule has 1 heteroatoms. The minimum atomic E-state index is 0.347. The summed E-state index contributed by atoms with van der Waals surface area (Å²) >= 11 is 0. The number of aliphatic hydroxyl groups is 1. The molecule has 1 nitrogen and oxygen atoms in total. The Bertz CT molecular complexity index is 276. The van der Waals surface area contributed by atoms with Crippen molar-refractivity contribution in [2.45, 2.75) is 25.7 Å². The highest BCUT2D eigenvalue weighted by atomic mass is 16.3. The van der Waals surface area contributed by atoms with Gasteiger partial charge in [-0.3, -0.25) is 0 Å². The maximum absolute atomic E-state index is 8.94. The standard InChI is InChI=1S/C12H16O/c1-2-9-3-5-10(6-4-9)12-7-11(12)8-13/h3-6,11-13H,2,7-8H2,1H3/t11-,12+/m1/s1. The Labute approximate surface area is 79.4 Å². The highest BCUT2D eigenvalue weighted by Crippen LogP contribution is 2.46. The Morgan fingerprint density at radius 2 is 2.00 bits per heavy atom. The van der Waals surface area contributed by atoms with Gasteiger partial charge in [-0.1, -0.05) is 31.2 Å². The van der Waals surface area contributed by atoms with E-state index in [4.69, 9.17) is 5.11 Å². The monoisotopic (exact) mass is 176 g/mol. The summed E-state index contributed by atoms with van der Waals surface area (Å²) in [5.41, 5.74) is 2.79. The van der Waals surface area contributed by atoms with Gasteiger partial charge in [0.25, 0.3) is 0 Å². The summed E-state index contributed by atoms with van der Waals surface area (Å²) in [6.07, 6.45) is 2.27. The summed E-state index contributed by atoms with van der Waals surface area (Å²) in [6, 6.07) is 8.81. The number of aliphatic hydroxyl groups excluding tert-OH is 1. The minimum absolute atomic E-state index is 0.347. The second-order valence-electron chi connectivity index (χ2n) is 3.88. The van der Waals surface area contributed by atoms with Crippen LogP contribution in [0, 0.1) is 5.92 Å². The van der Waals surface area contributed by atoms with E-state index in [-0.39, 0.29) is 0 Å². The first-order chi connectivity index (χ1) is 6.35. The van der Waals surface area contributed by atoms with Crippen LogP contribution in [0.15, 0.2) is 24.3 Å². The lowest BCUT2D eigenvalue weighted by Crippen LogP contribution is -1.89. The lowest BCUT2D eigenvalue weighted by molar-refractivity contribution is 0.274. The second-order valence-corrected chi connectivity index (χ2v) is 3.88. The molecule has 0 aromatic heterocycles. The van der Waals surface area contributed by atoms with Crippen molar-refractivity contribution < 1.29 is 5.11 Å². The highest BCUT2D eigenvalue weighted by molar-refractivity contribution is 5.29. The fourth-order valence-electron chi connectivity index (χ4n) is 1.86. The first-order valence-corrected chi connectivity index (χ1v) is 5.05. The SMILES string of the molecule is CCc1ccc([C@@H]2C[C@@H]2CO)cc1. The van der Waals surface area contributed by atoms with Gasteiger partial charge < -0.3 is 5.11 Å². The van der Waals surface area contributed by atoms with E-state index >= 15 is 0 Å². The Hall–Kier alpha value is -0.820. The van der Waals surface area contributed by atoms with Crippen LogP contribution in [-0.4, -0.2) is 11.7 Å². The molecular formula is C12H16O. The average molecular weight is 176 g/mol. The first kappa shape index (κ1) is 8.76. The Morgan fingerprint density at radius 1 is 1.31 bits per heavy atom. The largest absolute Gasteiger partial charge is 0.396 e. The van der Waals surface area contributed by atoms with Crippen LogP contribution in [0.3, 0.4) is 0 Å². The van der Waals surface area contributed by atoms with E-state index in [2.05, 4.69) is 31.2 Å². The number of hydrogen-bond acceptors (Lipinski definition) is 1. The maximum Gasteiger partial charge on any atom is 0.0465 e. The summed E-state index contributed by atoms with van der Waals surface area (Å²) in [7, 11) is 0. The fraction of sp³-hybridized carbons (Fsp3) is 0.500. The molecule has 2 rings (SSSR count). The van der Waals surface area contributed by atoms with Gasteiger partial charge in [-0.15, -0.1) is 0 Å². The van der Waals surface area contributed by atoms with Gasteiger partial charge in [0.1, 0.15) is 0 Å². The zero-order valence-electron chi connectivity index (χ0n) is 8.03. The molecule has 1 saturated carbocycles. The molecule has 2 atom stereocenters. The summed E-state index contributed by atoms with van der Waals surface area (Å²) in [5, 5.41) is 8.94. The number of rotatable bonds is 3. The first-order valence-electron chi connectivity index (χ1n) is 5.05. The van der Waals surface area contributed by atoms with Gasteiger partial charge in [0, 0.05) is 6.61 Å². The van der Waals surface area contributed by atoms with Crippen molar-refractivity contribution in [3.63, 3.8) is 0 Å². The maximum atomic E-state index is 8.94. The predicted molar refractivity (Wildman–Crippen MR) is 53.8 cm³/mol. The summed E-state index contributed by atoms with van der Waals surface area (Å²) < 4.78 is 0. The van der Waals surface area contributed by atoms with Crippen molar-refractivity contribution >= 4 is 0 Å². The van der Waals surface area contributed by atoms with E-state index in [0.717, 1.165) is 6.42 Å². The van der Waals surface area contributed by atoms with Gasteiger partial charge in [0.2, 0.25) is 0 Å². The molecule has 1 fully saturated rings. The molecule has 0 spiro atoms. The smallest absolute Gasteiger partial charge is 0.0465 e. The van der Waals surface area contributed by atoms with Crippen molar-refractivity contribution in [1.82, 2.24) is 0 Å². The van der Waals surface area contributed by atoms with Gasteiger partial charge in [-0.2, -0.15) is 0 Å². The van der Waals surface area contributed by atoms with Crippen LogP contribution in [-0.2, 0) is 6.42 Å². The third-order valence-corrected chi connectivity index (χ3v) is 2.97. The zero-order valence-corrected chi connectivity index (χ0v) is 8.03. The molecule has 0 amide bonds. The summed E-state index contributed by atoms with van der Waals surface area (Å²) in [5.74, 6) is 1.17. The van der Waals surface area contributed by atoms with Crippen molar-refractivity contribution in [3.05, 3.63) is 35.4 Å². The average Bonchev–Trinajstić information content (AvgIpc) is 2.97. The van der Waals surface area contributed by atoms with Crippen LogP contribution >= 0.6 is 0 Å². The van der Waals surface area contributed by atoms with E-state index < -0.39 is 0 Å². The summed E-state index contributed by atoms with van der Waals surface area (Å²) in [4.78, 5) is 0. The molecule has 0 unspecified atom stereocenters. The normalized spacial score (nSPS) is 26.0. The Morgan fingerprint density at radius 3 is 2.46 bits per heavy atom. The molecule has 13 heavy (non-hydrogen) atoms. The van der Waals surface area contributed by atoms with Crippen molar-refractivity contribution in [3.8, 4) is 0 Å². The van der Waals surface area contributed by atoms with Crippen molar-refractivity contribution in [1.29, 1.82) is 0 Å². The molecule has 0 bridgehead atoms. The molecule has 0 aliphatic heterocycles. The van der Waals surface area contributed by atoms with Crippen LogP contribution in [0.4, 0.5) is 0 Å². The van der Waals surface area contributed by atoms with Gasteiger partial charge >= 0.3 is 0 Å². The van der Waals surface area contributed by atoms with E-state index in [1.54, 1.807) is 0 Å². The molecule has 1 aliphatic carbocycles. The lowest BCUT2D eigenvalue weighted by atomic mass is 10.1. The lowest BCUT2D eigenvalue weighted by Gasteiger charge is -2.00. The van der Waals surface area contributed by atoms with Gasteiger partial charge in [-0.05, 0) is 35.8 Å². The molecule has 1 aromatic rings. The van der Waals surface area contributed by atoms with E-state index in [1.807, 2.05) is 0 Å². The Kier molecular flexibility index (Phi) is 2.36. The molecule has 0 radical (unpaired) electrons. The van der Waals surface area contributed by atoms with E-state index in [1.165, 1.54) is 17.5 Å². The number of aryl methyl sites for hydroxylation is 1. The third-order valence-electron chi connectivity index (χ3n) is 2.97. The zero-order chi connectivity index (χ0) is 9.26. The van der Waals surface area contributed by atoms with Crippen LogP contribution in [0.5, 0.6) is 0 Å². The Balaban J connectivity index is 2.07. The van der Waals surface area contributed by atoms with E-state index in [0.29, 0.717) is 18.4 Å².